The van der Waals surface area contributed by atoms with E-state index in [1.54, 1.807) is 22.0 Å². The molecule has 3 nitrogen and oxygen atoms in total. The van der Waals surface area contributed by atoms with Crippen molar-refractivity contribution in [3.05, 3.63) is 39.8 Å². The molecular weight excluding hydrogens is 208 g/mol. The summed E-state index contributed by atoms with van der Waals surface area (Å²) in [6.45, 7) is 7.99. The lowest BCUT2D eigenvalue weighted by Gasteiger charge is -2.05. The van der Waals surface area contributed by atoms with Gasteiger partial charge in [0.1, 0.15) is 10.7 Å². The van der Waals surface area contributed by atoms with Gasteiger partial charge in [0.15, 0.2) is 0 Å². The molecule has 0 amide bonds. The molecule has 2 aromatic rings. The Labute approximate surface area is 91.7 Å². The van der Waals surface area contributed by atoms with Crippen molar-refractivity contribution in [2.75, 3.05) is 0 Å². The normalized spacial score (nSPS) is 10.8. The Morgan fingerprint density at radius 3 is 3.00 bits per heavy atom. The van der Waals surface area contributed by atoms with Crippen molar-refractivity contribution in [3.63, 3.8) is 0 Å². The monoisotopic (exact) mass is 220 g/mol. The fourth-order valence-corrected chi connectivity index (χ4v) is 2.50. The van der Waals surface area contributed by atoms with Gasteiger partial charge in [-0.2, -0.15) is 0 Å². The first-order valence-corrected chi connectivity index (χ1v) is 5.53. The van der Waals surface area contributed by atoms with Crippen molar-refractivity contribution < 1.29 is 0 Å². The van der Waals surface area contributed by atoms with Gasteiger partial charge in [0.2, 0.25) is 0 Å². The molecule has 15 heavy (non-hydrogen) atoms. The van der Waals surface area contributed by atoms with Gasteiger partial charge in [-0.15, -0.1) is 17.9 Å². The zero-order chi connectivity index (χ0) is 11.0. The summed E-state index contributed by atoms with van der Waals surface area (Å²) < 4.78 is 1.64. The van der Waals surface area contributed by atoms with Crippen molar-refractivity contribution in [2.45, 2.75) is 20.4 Å². The first kappa shape index (κ1) is 10.1. The second-order valence-electron chi connectivity index (χ2n) is 3.44. The van der Waals surface area contributed by atoms with Crippen LogP contribution in [0.4, 0.5) is 0 Å². The topological polar surface area (TPSA) is 34.9 Å². The Hall–Kier alpha value is -1.42. The minimum absolute atomic E-state index is 0.0294. The number of hydrogen-bond acceptors (Lipinski definition) is 3. The highest BCUT2D eigenvalue weighted by Gasteiger charge is 2.09. The van der Waals surface area contributed by atoms with Crippen LogP contribution in [0.5, 0.6) is 0 Å². The zero-order valence-corrected chi connectivity index (χ0v) is 9.60. The number of aromatic nitrogens is 2. The number of fused-ring (bicyclic) bond motifs is 1. The number of aryl methyl sites for hydroxylation is 2. The summed E-state index contributed by atoms with van der Waals surface area (Å²) in [5.74, 6) is 0.745. The Morgan fingerprint density at radius 1 is 1.60 bits per heavy atom. The summed E-state index contributed by atoms with van der Waals surface area (Å²) in [6.07, 6.45) is 1.71. The van der Waals surface area contributed by atoms with Gasteiger partial charge in [-0.05, 0) is 19.9 Å². The second kappa shape index (κ2) is 3.62. The molecule has 0 saturated heterocycles. The van der Waals surface area contributed by atoms with Crippen LogP contribution in [0, 0.1) is 13.8 Å². The summed E-state index contributed by atoms with van der Waals surface area (Å²) >= 11 is 1.56. The van der Waals surface area contributed by atoms with Gasteiger partial charge < -0.3 is 0 Å². The molecule has 4 heteroatoms. The molecule has 78 valence electrons. The van der Waals surface area contributed by atoms with Gasteiger partial charge in [-0.3, -0.25) is 9.36 Å². The van der Waals surface area contributed by atoms with Crippen LogP contribution in [0.3, 0.4) is 0 Å². The minimum atomic E-state index is 0.0294. The van der Waals surface area contributed by atoms with E-state index in [1.165, 1.54) is 0 Å². The van der Waals surface area contributed by atoms with E-state index >= 15 is 0 Å². The van der Waals surface area contributed by atoms with Gasteiger partial charge in [-0.1, -0.05) is 6.08 Å². The third-order valence-electron chi connectivity index (χ3n) is 2.28. The van der Waals surface area contributed by atoms with Gasteiger partial charge in [0.25, 0.3) is 5.56 Å². The highest BCUT2D eigenvalue weighted by Crippen LogP contribution is 2.20. The molecule has 2 rings (SSSR count). The average molecular weight is 220 g/mol. The maximum Gasteiger partial charge on any atom is 0.262 e. The molecule has 0 bridgehead atoms. The van der Waals surface area contributed by atoms with E-state index in [4.69, 9.17) is 0 Å². The SMILES string of the molecule is C=CCn1c(C)nc2sc(C)cc2c1=O. The number of allylic oxidation sites excluding steroid dienone is 1. The summed E-state index contributed by atoms with van der Waals surface area (Å²) in [7, 11) is 0. The maximum absolute atomic E-state index is 12.0. The van der Waals surface area contributed by atoms with E-state index in [-0.39, 0.29) is 5.56 Å². The predicted octanol–water partition coefficient (Wildman–Crippen LogP) is 2.26. The lowest BCUT2D eigenvalue weighted by atomic mass is 10.3. The van der Waals surface area contributed by atoms with Crippen LogP contribution in [0.1, 0.15) is 10.7 Å². The molecule has 0 atom stereocenters. The molecule has 0 radical (unpaired) electrons. The number of nitrogens with zero attached hydrogens (tertiary/aromatic N) is 2. The van der Waals surface area contributed by atoms with Gasteiger partial charge in [0.05, 0.1) is 5.39 Å². The standard InChI is InChI=1S/C11H12N2OS/c1-4-5-13-8(3)12-10-9(11(13)14)6-7(2)15-10/h4,6H,1,5H2,2-3H3. The van der Waals surface area contributed by atoms with E-state index in [0.717, 1.165) is 15.5 Å². The number of rotatable bonds is 2. The van der Waals surface area contributed by atoms with Gasteiger partial charge in [-0.25, -0.2) is 4.98 Å². The van der Waals surface area contributed by atoms with Gasteiger partial charge in [0, 0.05) is 11.4 Å². The molecule has 0 fully saturated rings. The third-order valence-corrected chi connectivity index (χ3v) is 3.22. The van der Waals surface area contributed by atoms with Crippen LogP contribution >= 0.6 is 11.3 Å². The largest absolute Gasteiger partial charge is 0.292 e. The molecule has 0 spiro atoms. The van der Waals surface area contributed by atoms with E-state index < -0.39 is 0 Å². The van der Waals surface area contributed by atoms with Crippen LogP contribution in [0.25, 0.3) is 10.2 Å². The molecule has 2 heterocycles. The summed E-state index contributed by atoms with van der Waals surface area (Å²) in [6, 6.07) is 1.90. The molecule has 0 aliphatic carbocycles. The number of hydrogen-bond donors (Lipinski definition) is 0. The van der Waals surface area contributed by atoms with Crippen molar-refractivity contribution in [3.8, 4) is 0 Å². The lowest BCUT2D eigenvalue weighted by molar-refractivity contribution is 0.730. The van der Waals surface area contributed by atoms with Crippen LogP contribution < -0.4 is 5.56 Å². The highest BCUT2D eigenvalue weighted by atomic mass is 32.1. The minimum Gasteiger partial charge on any atom is -0.292 e. The summed E-state index contributed by atoms with van der Waals surface area (Å²) in [4.78, 5) is 18.4. The zero-order valence-electron chi connectivity index (χ0n) is 8.78. The Bertz CT molecular complexity index is 580. The van der Waals surface area contributed by atoms with Crippen LogP contribution in [0.15, 0.2) is 23.5 Å². The third kappa shape index (κ3) is 1.61. The lowest BCUT2D eigenvalue weighted by Crippen LogP contribution is -2.22. The van der Waals surface area contributed by atoms with E-state index in [9.17, 15) is 4.79 Å². The fraction of sp³-hybridized carbons (Fsp3) is 0.273. The first-order valence-electron chi connectivity index (χ1n) is 4.72. The van der Waals surface area contributed by atoms with E-state index in [1.807, 2.05) is 19.9 Å². The second-order valence-corrected chi connectivity index (χ2v) is 4.67. The molecule has 0 N–H and O–H groups in total. The van der Waals surface area contributed by atoms with Crippen molar-refractivity contribution in [1.29, 1.82) is 0 Å². The van der Waals surface area contributed by atoms with E-state index in [0.29, 0.717) is 11.9 Å². The smallest absolute Gasteiger partial charge is 0.262 e. The Balaban J connectivity index is 2.83. The molecular formula is C11H12N2OS. The molecule has 0 aliphatic heterocycles. The average Bonchev–Trinajstić information content (AvgIpc) is 2.53. The molecule has 2 aromatic heterocycles. The first-order chi connectivity index (χ1) is 7.13. The molecule has 0 unspecified atom stereocenters. The number of thiophene rings is 1. The van der Waals surface area contributed by atoms with Crippen molar-refractivity contribution in [2.24, 2.45) is 0 Å². The summed E-state index contributed by atoms with van der Waals surface area (Å²) in [5, 5.41) is 0.713. The van der Waals surface area contributed by atoms with Crippen LogP contribution in [-0.4, -0.2) is 9.55 Å². The van der Waals surface area contributed by atoms with Crippen molar-refractivity contribution >= 4 is 21.6 Å². The quantitative estimate of drug-likeness (QED) is 0.728. The van der Waals surface area contributed by atoms with Crippen LogP contribution in [-0.2, 0) is 6.54 Å². The molecule has 0 aromatic carbocycles. The van der Waals surface area contributed by atoms with E-state index in [2.05, 4.69) is 11.6 Å². The Kier molecular flexibility index (Phi) is 2.44. The highest BCUT2D eigenvalue weighted by molar-refractivity contribution is 7.18. The maximum atomic E-state index is 12.0. The van der Waals surface area contributed by atoms with Crippen molar-refractivity contribution in [1.82, 2.24) is 9.55 Å². The molecule has 0 aliphatic rings. The molecule has 0 saturated carbocycles. The fourth-order valence-electron chi connectivity index (χ4n) is 1.58. The predicted molar refractivity (Wildman–Crippen MR) is 63.6 cm³/mol. The van der Waals surface area contributed by atoms with Crippen LogP contribution in [0.2, 0.25) is 0 Å². The summed E-state index contributed by atoms with van der Waals surface area (Å²) in [5.41, 5.74) is 0.0294. The van der Waals surface area contributed by atoms with Gasteiger partial charge >= 0.3 is 0 Å². The Morgan fingerprint density at radius 2 is 2.33 bits per heavy atom.